The van der Waals surface area contributed by atoms with Gasteiger partial charge in [-0.15, -0.1) is 0 Å². The number of aliphatic carboxylic acids is 1. The standard InChI is InChI=1S/C6H10O3.C3H6O3/c1-3-6(8)9-4-5(2)7;1-2(4)3(5)6/h3,5,7H,1,4H2,2H3;2,4H,1H3,(H,5,6). The van der Waals surface area contributed by atoms with Crippen molar-refractivity contribution in [3.8, 4) is 0 Å². The molecule has 2 unspecified atom stereocenters. The second kappa shape index (κ2) is 9.17. The van der Waals surface area contributed by atoms with E-state index in [1.54, 1.807) is 0 Å². The zero-order chi connectivity index (χ0) is 12.4. The number of aliphatic hydroxyl groups excluding tert-OH is 2. The van der Waals surface area contributed by atoms with Crippen LogP contribution in [0.25, 0.3) is 0 Å². The quantitative estimate of drug-likeness (QED) is 0.438. The van der Waals surface area contributed by atoms with E-state index in [-0.39, 0.29) is 6.61 Å². The first kappa shape index (κ1) is 16.0. The molecule has 0 aliphatic carbocycles. The van der Waals surface area contributed by atoms with Gasteiger partial charge < -0.3 is 20.1 Å². The number of hydrogen-bond donors (Lipinski definition) is 3. The third kappa shape index (κ3) is 15.4. The molecule has 6 nitrogen and oxygen atoms in total. The van der Waals surface area contributed by atoms with Gasteiger partial charge in [0.1, 0.15) is 12.7 Å². The summed E-state index contributed by atoms with van der Waals surface area (Å²) in [6, 6.07) is 0. The summed E-state index contributed by atoms with van der Waals surface area (Å²) in [4.78, 5) is 19.7. The summed E-state index contributed by atoms with van der Waals surface area (Å²) in [5, 5.41) is 24.4. The SMILES string of the molecule is C=CC(=O)OCC(C)O.CC(O)C(=O)O. The molecule has 0 aromatic rings. The Bertz CT molecular complexity index is 209. The Morgan fingerprint density at radius 2 is 1.80 bits per heavy atom. The predicted molar refractivity (Wildman–Crippen MR) is 52.2 cm³/mol. The topological polar surface area (TPSA) is 104 Å². The van der Waals surface area contributed by atoms with Crippen LogP contribution in [0.4, 0.5) is 0 Å². The van der Waals surface area contributed by atoms with Crippen LogP contribution in [0.2, 0.25) is 0 Å². The molecule has 0 bridgehead atoms. The molecule has 0 amide bonds. The Morgan fingerprint density at radius 1 is 1.40 bits per heavy atom. The molecule has 0 rings (SSSR count). The molecule has 0 fully saturated rings. The van der Waals surface area contributed by atoms with Crippen molar-refractivity contribution >= 4 is 11.9 Å². The van der Waals surface area contributed by atoms with Gasteiger partial charge in [0.15, 0.2) is 0 Å². The molecular weight excluding hydrogens is 204 g/mol. The molecule has 0 heterocycles. The van der Waals surface area contributed by atoms with E-state index >= 15 is 0 Å². The van der Waals surface area contributed by atoms with E-state index in [0.29, 0.717) is 0 Å². The lowest BCUT2D eigenvalue weighted by Gasteiger charge is -2.02. The first-order valence-corrected chi connectivity index (χ1v) is 4.19. The van der Waals surface area contributed by atoms with Crippen molar-refractivity contribution in [3.63, 3.8) is 0 Å². The largest absolute Gasteiger partial charge is 0.479 e. The van der Waals surface area contributed by atoms with Crippen molar-refractivity contribution in [2.24, 2.45) is 0 Å². The number of hydrogen-bond acceptors (Lipinski definition) is 5. The van der Waals surface area contributed by atoms with Crippen LogP contribution in [0.5, 0.6) is 0 Å². The number of carboxylic acid groups (broad SMARTS) is 1. The Kier molecular flexibility index (Phi) is 9.81. The molecule has 88 valence electrons. The van der Waals surface area contributed by atoms with Gasteiger partial charge >= 0.3 is 11.9 Å². The lowest BCUT2D eigenvalue weighted by molar-refractivity contribution is -0.145. The first-order valence-electron chi connectivity index (χ1n) is 4.19. The second-order valence-corrected chi connectivity index (χ2v) is 2.70. The van der Waals surface area contributed by atoms with Crippen LogP contribution in [0.15, 0.2) is 12.7 Å². The third-order valence-electron chi connectivity index (χ3n) is 0.991. The molecule has 0 saturated carbocycles. The summed E-state index contributed by atoms with van der Waals surface area (Å²) in [5.41, 5.74) is 0. The van der Waals surface area contributed by atoms with E-state index < -0.39 is 24.1 Å². The van der Waals surface area contributed by atoms with E-state index in [1.807, 2.05) is 0 Å². The molecule has 0 aromatic heterocycles. The van der Waals surface area contributed by atoms with Crippen molar-refractivity contribution in [3.05, 3.63) is 12.7 Å². The lowest BCUT2D eigenvalue weighted by Crippen LogP contribution is -2.13. The molecule has 2 atom stereocenters. The highest BCUT2D eigenvalue weighted by atomic mass is 16.5. The Morgan fingerprint density at radius 3 is 2.00 bits per heavy atom. The maximum absolute atomic E-state index is 10.3. The lowest BCUT2D eigenvalue weighted by atomic mass is 10.4. The molecule has 3 N–H and O–H groups in total. The maximum atomic E-state index is 10.3. The zero-order valence-electron chi connectivity index (χ0n) is 8.71. The van der Waals surface area contributed by atoms with Gasteiger partial charge in [-0.05, 0) is 13.8 Å². The molecule has 6 heteroatoms. The molecule has 0 spiro atoms. The summed E-state index contributed by atoms with van der Waals surface area (Å²) in [6.45, 7) is 5.95. The normalized spacial score (nSPS) is 12.8. The number of ether oxygens (including phenoxy) is 1. The predicted octanol–water partition coefficient (Wildman–Crippen LogP) is -0.452. The maximum Gasteiger partial charge on any atom is 0.332 e. The molecule has 0 aromatic carbocycles. The molecule has 0 saturated heterocycles. The van der Waals surface area contributed by atoms with E-state index in [9.17, 15) is 9.59 Å². The fourth-order valence-electron chi connectivity index (χ4n) is 0.262. The van der Waals surface area contributed by atoms with Gasteiger partial charge in [-0.25, -0.2) is 9.59 Å². The number of esters is 1. The molecule has 0 aliphatic heterocycles. The Balaban J connectivity index is 0. The average Bonchev–Trinajstić information content (AvgIpc) is 2.14. The summed E-state index contributed by atoms with van der Waals surface area (Å²) in [6.07, 6.45) is -0.776. The van der Waals surface area contributed by atoms with E-state index in [0.717, 1.165) is 6.08 Å². The Hall–Kier alpha value is -1.40. The summed E-state index contributed by atoms with van der Waals surface area (Å²) in [7, 11) is 0. The highest BCUT2D eigenvalue weighted by Crippen LogP contribution is 1.83. The zero-order valence-corrected chi connectivity index (χ0v) is 8.71. The van der Waals surface area contributed by atoms with Gasteiger partial charge in [0.05, 0.1) is 6.10 Å². The number of aliphatic hydroxyl groups is 2. The number of carbonyl (C=O) groups is 2. The molecule has 15 heavy (non-hydrogen) atoms. The van der Waals surface area contributed by atoms with Crippen LogP contribution >= 0.6 is 0 Å². The number of carbonyl (C=O) groups excluding carboxylic acids is 1. The second-order valence-electron chi connectivity index (χ2n) is 2.70. The number of rotatable bonds is 4. The van der Waals surface area contributed by atoms with Crippen LogP contribution < -0.4 is 0 Å². The minimum absolute atomic E-state index is 0.0326. The third-order valence-corrected chi connectivity index (χ3v) is 0.991. The monoisotopic (exact) mass is 220 g/mol. The smallest absolute Gasteiger partial charge is 0.332 e. The van der Waals surface area contributed by atoms with Crippen molar-refractivity contribution in [2.75, 3.05) is 6.61 Å². The minimum Gasteiger partial charge on any atom is -0.479 e. The average molecular weight is 220 g/mol. The number of carboxylic acids is 1. The Labute approximate surface area is 87.8 Å². The van der Waals surface area contributed by atoms with Crippen LogP contribution in [0.1, 0.15) is 13.8 Å². The summed E-state index contributed by atoms with van der Waals surface area (Å²) >= 11 is 0. The van der Waals surface area contributed by atoms with Gasteiger partial charge in [-0.3, -0.25) is 0 Å². The summed E-state index contributed by atoms with van der Waals surface area (Å²) < 4.78 is 4.45. The van der Waals surface area contributed by atoms with Crippen molar-refractivity contribution < 1.29 is 29.6 Å². The minimum atomic E-state index is -1.23. The van der Waals surface area contributed by atoms with Crippen molar-refractivity contribution in [2.45, 2.75) is 26.1 Å². The van der Waals surface area contributed by atoms with Crippen LogP contribution in [0, 0.1) is 0 Å². The van der Waals surface area contributed by atoms with E-state index in [4.69, 9.17) is 15.3 Å². The van der Waals surface area contributed by atoms with Gasteiger partial charge in [-0.2, -0.15) is 0 Å². The van der Waals surface area contributed by atoms with Crippen molar-refractivity contribution in [1.82, 2.24) is 0 Å². The highest BCUT2D eigenvalue weighted by molar-refractivity contribution is 5.81. The fraction of sp³-hybridized carbons (Fsp3) is 0.556. The molecule has 0 aliphatic rings. The van der Waals surface area contributed by atoms with Gasteiger partial charge in [0.25, 0.3) is 0 Å². The van der Waals surface area contributed by atoms with Crippen LogP contribution in [-0.2, 0) is 14.3 Å². The van der Waals surface area contributed by atoms with Gasteiger partial charge in [0.2, 0.25) is 0 Å². The van der Waals surface area contributed by atoms with E-state index in [1.165, 1.54) is 13.8 Å². The van der Waals surface area contributed by atoms with E-state index in [2.05, 4.69) is 11.3 Å². The van der Waals surface area contributed by atoms with Gasteiger partial charge in [0, 0.05) is 6.08 Å². The van der Waals surface area contributed by atoms with Crippen LogP contribution in [-0.4, -0.2) is 46.1 Å². The van der Waals surface area contributed by atoms with Crippen molar-refractivity contribution in [1.29, 1.82) is 0 Å². The van der Waals surface area contributed by atoms with Crippen LogP contribution in [0.3, 0.4) is 0 Å². The molecule has 0 radical (unpaired) electrons. The van der Waals surface area contributed by atoms with Gasteiger partial charge in [-0.1, -0.05) is 6.58 Å². The molecular formula is C9H16O6. The summed E-state index contributed by atoms with van der Waals surface area (Å²) in [5.74, 6) is -1.69. The first-order chi connectivity index (χ1) is 6.81. The highest BCUT2D eigenvalue weighted by Gasteiger charge is 2.01. The fourth-order valence-corrected chi connectivity index (χ4v) is 0.262.